The molecule has 0 bridgehead atoms. The number of rotatable bonds is 7. The van der Waals surface area contributed by atoms with Crippen LogP contribution >= 0.6 is 11.6 Å². The van der Waals surface area contributed by atoms with E-state index in [-0.39, 0.29) is 11.7 Å². The van der Waals surface area contributed by atoms with Crippen LogP contribution in [-0.4, -0.2) is 36.6 Å². The van der Waals surface area contributed by atoms with Gasteiger partial charge in [-0.3, -0.25) is 4.90 Å². The maximum absolute atomic E-state index is 9.56. The van der Waals surface area contributed by atoms with Gasteiger partial charge in [0.25, 0.3) is 0 Å². The fourth-order valence-corrected chi connectivity index (χ4v) is 4.06. The molecule has 6 nitrogen and oxygen atoms in total. The van der Waals surface area contributed by atoms with Gasteiger partial charge in [-0.05, 0) is 67.9 Å². The average molecular weight is 437 g/mol. The number of oxazole rings is 1. The first kappa shape index (κ1) is 21.2. The third-order valence-corrected chi connectivity index (χ3v) is 5.86. The number of nitriles is 1. The molecule has 0 spiro atoms. The van der Waals surface area contributed by atoms with Gasteiger partial charge in [-0.25, -0.2) is 0 Å². The predicted molar refractivity (Wildman–Crippen MR) is 121 cm³/mol. The maximum Gasteiger partial charge on any atom is 0.232 e. The molecule has 1 atom stereocenters. The lowest BCUT2D eigenvalue weighted by molar-refractivity contribution is 0.170. The molecule has 1 aliphatic heterocycles. The molecule has 1 N–H and O–H groups in total. The minimum atomic E-state index is 0.152. The number of piperidine rings is 1. The van der Waals surface area contributed by atoms with Gasteiger partial charge in [0.2, 0.25) is 17.5 Å². The lowest BCUT2D eigenvalue weighted by Crippen LogP contribution is -2.37. The van der Waals surface area contributed by atoms with Crippen molar-refractivity contribution >= 4 is 17.5 Å². The van der Waals surface area contributed by atoms with Crippen molar-refractivity contribution in [1.29, 1.82) is 5.26 Å². The van der Waals surface area contributed by atoms with Gasteiger partial charge in [0.1, 0.15) is 11.8 Å². The van der Waals surface area contributed by atoms with E-state index in [1.165, 1.54) is 24.8 Å². The molecule has 2 heterocycles. The number of ether oxygens (including phenoxy) is 1. The van der Waals surface area contributed by atoms with E-state index >= 15 is 0 Å². The zero-order valence-electron chi connectivity index (χ0n) is 17.5. The van der Waals surface area contributed by atoms with Crippen molar-refractivity contribution in [3.05, 3.63) is 64.8 Å². The van der Waals surface area contributed by atoms with Gasteiger partial charge in [-0.15, -0.1) is 0 Å². The van der Waals surface area contributed by atoms with Crippen LogP contribution in [0.15, 0.2) is 52.9 Å². The molecule has 0 radical (unpaired) electrons. The second kappa shape index (κ2) is 9.86. The Morgan fingerprint density at radius 2 is 1.84 bits per heavy atom. The molecule has 31 heavy (non-hydrogen) atoms. The number of methoxy groups -OCH3 is 1. The van der Waals surface area contributed by atoms with E-state index in [9.17, 15) is 5.26 Å². The molecule has 2 aromatic carbocycles. The van der Waals surface area contributed by atoms with Crippen LogP contribution in [0.5, 0.6) is 5.75 Å². The molecule has 1 aromatic heterocycles. The van der Waals surface area contributed by atoms with Crippen LogP contribution in [0, 0.1) is 11.3 Å². The first-order valence-corrected chi connectivity index (χ1v) is 10.8. The topological polar surface area (TPSA) is 74.3 Å². The van der Waals surface area contributed by atoms with Crippen molar-refractivity contribution in [3.63, 3.8) is 0 Å². The van der Waals surface area contributed by atoms with Crippen molar-refractivity contribution in [2.45, 2.75) is 25.3 Å². The Hall–Kier alpha value is -3.01. The normalized spacial score (nSPS) is 15.3. The Balaban J connectivity index is 1.55. The van der Waals surface area contributed by atoms with Crippen molar-refractivity contribution < 1.29 is 9.15 Å². The zero-order chi connectivity index (χ0) is 21.6. The molecular weight excluding hydrogens is 412 g/mol. The molecule has 3 aromatic rings. The highest BCUT2D eigenvalue weighted by molar-refractivity contribution is 6.30. The predicted octanol–water partition coefficient (Wildman–Crippen LogP) is 5.51. The van der Waals surface area contributed by atoms with Crippen LogP contribution in [0.4, 0.5) is 5.88 Å². The number of halogens is 1. The summed E-state index contributed by atoms with van der Waals surface area (Å²) in [4.78, 5) is 6.85. The SMILES string of the molecule is COc1ccc(-c2nc(C#N)c(NCC(c3ccc(Cl)cc3)N3CCCCC3)o2)cc1. The van der Waals surface area contributed by atoms with Crippen molar-refractivity contribution in [1.82, 2.24) is 9.88 Å². The highest BCUT2D eigenvalue weighted by Crippen LogP contribution is 2.30. The third-order valence-electron chi connectivity index (χ3n) is 5.61. The molecule has 0 aliphatic carbocycles. The van der Waals surface area contributed by atoms with Gasteiger partial charge in [-0.2, -0.15) is 10.2 Å². The first-order chi connectivity index (χ1) is 15.2. The highest BCUT2D eigenvalue weighted by atomic mass is 35.5. The number of hydrogen-bond acceptors (Lipinski definition) is 6. The van der Waals surface area contributed by atoms with E-state index in [2.05, 4.69) is 33.4 Å². The maximum atomic E-state index is 9.56. The summed E-state index contributed by atoms with van der Waals surface area (Å²) in [5, 5.41) is 13.6. The summed E-state index contributed by atoms with van der Waals surface area (Å²) < 4.78 is 11.1. The van der Waals surface area contributed by atoms with E-state index in [1.807, 2.05) is 36.4 Å². The fourth-order valence-electron chi connectivity index (χ4n) is 3.93. The molecule has 7 heteroatoms. The molecule has 1 unspecified atom stereocenters. The Kier molecular flexibility index (Phi) is 6.76. The summed E-state index contributed by atoms with van der Waals surface area (Å²) in [6.45, 7) is 2.70. The van der Waals surface area contributed by atoms with Crippen LogP contribution < -0.4 is 10.1 Å². The van der Waals surface area contributed by atoms with Crippen molar-refractivity contribution in [2.24, 2.45) is 0 Å². The summed E-state index contributed by atoms with van der Waals surface area (Å²) in [5.41, 5.74) is 2.22. The standard InChI is InChI=1S/C24H25ClN4O2/c1-30-20-11-7-18(8-12-20)23-28-21(15-26)24(31-23)27-16-22(29-13-3-2-4-14-29)17-5-9-19(25)10-6-17/h5-12,22,27H,2-4,13-14,16H2,1H3. The van der Waals surface area contributed by atoms with Gasteiger partial charge in [-0.1, -0.05) is 30.2 Å². The minimum absolute atomic E-state index is 0.152. The number of likely N-dealkylation sites (tertiary alicyclic amines) is 1. The van der Waals surface area contributed by atoms with Gasteiger partial charge in [0.05, 0.1) is 13.2 Å². The van der Waals surface area contributed by atoms with Gasteiger partial charge < -0.3 is 14.5 Å². The largest absolute Gasteiger partial charge is 0.497 e. The lowest BCUT2D eigenvalue weighted by atomic mass is 10.0. The lowest BCUT2D eigenvalue weighted by Gasteiger charge is -2.35. The van der Waals surface area contributed by atoms with Crippen LogP contribution in [0.25, 0.3) is 11.5 Å². The quantitative estimate of drug-likeness (QED) is 0.526. The molecule has 0 saturated carbocycles. The fraction of sp³-hybridized carbons (Fsp3) is 0.333. The summed E-state index contributed by atoms with van der Waals surface area (Å²) in [6.07, 6.45) is 3.65. The van der Waals surface area contributed by atoms with Crippen molar-refractivity contribution in [2.75, 3.05) is 32.1 Å². The third kappa shape index (κ3) is 5.01. The first-order valence-electron chi connectivity index (χ1n) is 10.5. The van der Waals surface area contributed by atoms with Crippen LogP contribution in [0.3, 0.4) is 0 Å². The van der Waals surface area contributed by atoms with Gasteiger partial charge >= 0.3 is 0 Å². The minimum Gasteiger partial charge on any atom is -0.497 e. The van der Waals surface area contributed by atoms with Crippen LogP contribution in [0.2, 0.25) is 5.02 Å². The summed E-state index contributed by atoms with van der Waals surface area (Å²) >= 11 is 6.10. The second-order valence-corrected chi connectivity index (χ2v) is 8.02. The number of nitrogens with zero attached hydrogens (tertiary/aromatic N) is 3. The molecule has 1 fully saturated rings. The van der Waals surface area contributed by atoms with E-state index < -0.39 is 0 Å². The van der Waals surface area contributed by atoms with E-state index in [0.29, 0.717) is 18.3 Å². The Morgan fingerprint density at radius 3 is 2.48 bits per heavy atom. The summed E-state index contributed by atoms with van der Waals surface area (Å²) in [7, 11) is 1.62. The smallest absolute Gasteiger partial charge is 0.232 e. The van der Waals surface area contributed by atoms with E-state index in [0.717, 1.165) is 29.4 Å². The molecule has 1 saturated heterocycles. The molecule has 4 rings (SSSR count). The highest BCUT2D eigenvalue weighted by Gasteiger charge is 2.24. The van der Waals surface area contributed by atoms with Gasteiger partial charge in [0, 0.05) is 17.1 Å². The molecule has 160 valence electrons. The van der Waals surface area contributed by atoms with Crippen molar-refractivity contribution in [3.8, 4) is 23.3 Å². The number of benzene rings is 2. The number of aromatic nitrogens is 1. The van der Waals surface area contributed by atoms with Gasteiger partial charge in [0.15, 0.2) is 0 Å². The van der Waals surface area contributed by atoms with Crippen LogP contribution in [-0.2, 0) is 0 Å². The molecule has 0 amide bonds. The average Bonchev–Trinajstić information content (AvgIpc) is 3.24. The zero-order valence-corrected chi connectivity index (χ0v) is 18.2. The second-order valence-electron chi connectivity index (χ2n) is 7.58. The monoisotopic (exact) mass is 436 g/mol. The summed E-state index contributed by atoms with van der Waals surface area (Å²) in [5.74, 6) is 1.55. The number of hydrogen-bond donors (Lipinski definition) is 1. The van der Waals surface area contributed by atoms with E-state index in [1.54, 1.807) is 7.11 Å². The Morgan fingerprint density at radius 1 is 1.13 bits per heavy atom. The van der Waals surface area contributed by atoms with E-state index in [4.69, 9.17) is 20.8 Å². The summed E-state index contributed by atoms with van der Waals surface area (Å²) in [6, 6.07) is 17.7. The number of anilines is 1. The molecule has 1 aliphatic rings. The number of nitrogens with one attached hydrogen (secondary N) is 1. The Bertz CT molecular complexity index is 1030. The van der Waals surface area contributed by atoms with Crippen LogP contribution in [0.1, 0.15) is 36.6 Å². The molecular formula is C24H25ClN4O2. The Labute approximate surface area is 187 Å².